The summed E-state index contributed by atoms with van der Waals surface area (Å²) in [6, 6.07) is 17.1. The molecule has 130 valence electrons. The third kappa shape index (κ3) is 7.22. The third-order valence-electron chi connectivity index (χ3n) is 3.16. The fourth-order valence-electron chi connectivity index (χ4n) is 1.92. The summed E-state index contributed by atoms with van der Waals surface area (Å²) in [5.74, 6) is 1.05. The number of hydrogen-bond donors (Lipinski definition) is 1. The van der Waals surface area contributed by atoms with Crippen LogP contribution < -0.4 is 10.5 Å². The highest BCUT2D eigenvalue weighted by Crippen LogP contribution is 2.13. The summed E-state index contributed by atoms with van der Waals surface area (Å²) in [5.41, 5.74) is 7.87. The lowest BCUT2D eigenvalue weighted by Crippen LogP contribution is -2.06. The predicted octanol–water partition coefficient (Wildman–Crippen LogP) is 3.97. The van der Waals surface area contributed by atoms with Gasteiger partial charge in [0.2, 0.25) is 0 Å². The normalized spacial score (nSPS) is 11.6. The van der Waals surface area contributed by atoms with E-state index in [2.05, 4.69) is 10.2 Å². The lowest BCUT2D eigenvalue weighted by Gasteiger charge is -2.03. The molecular formula is C19H21N3O2S. The molecule has 0 radical (unpaired) electrons. The number of carbonyl (C=O) groups is 1. The monoisotopic (exact) mass is 355 g/mol. The van der Waals surface area contributed by atoms with Gasteiger partial charge in [-0.25, -0.2) is 0 Å². The molecule has 0 amide bonds. The molecule has 0 aliphatic heterocycles. The average molecular weight is 355 g/mol. The van der Waals surface area contributed by atoms with Crippen LogP contribution in [-0.4, -0.2) is 17.4 Å². The second-order valence-electron chi connectivity index (χ2n) is 5.25. The maximum Gasteiger partial charge on any atom is 0.311 e. The van der Waals surface area contributed by atoms with Gasteiger partial charge < -0.3 is 10.5 Å². The number of carbonyl (C=O) groups excluding carboxylic acids is 1. The molecule has 0 aliphatic rings. The van der Waals surface area contributed by atoms with Crippen LogP contribution in [0.25, 0.3) is 0 Å². The summed E-state index contributed by atoms with van der Waals surface area (Å²) >= 11 is 1.44. The van der Waals surface area contributed by atoms with Crippen LogP contribution in [0.1, 0.15) is 30.9 Å². The van der Waals surface area contributed by atoms with E-state index in [0.717, 1.165) is 17.7 Å². The maximum atomic E-state index is 11.4. The third-order valence-corrected chi connectivity index (χ3v) is 4.01. The number of nitrogens with two attached hydrogens (primary N) is 1. The SMILES string of the molecule is CCCC(=O)Oc1ccc(C=NN=C(N)SCc2ccccc2)cc1. The Morgan fingerprint density at radius 2 is 1.88 bits per heavy atom. The smallest absolute Gasteiger partial charge is 0.311 e. The summed E-state index contributed by atoms with van der Waals surface area (Å²) in [6.45, 7) is 1.94. The number of benzene rings is 2. The Morgan fingerprint density at radius 3 is 2.56 bits per heavy atom. The van der Waals surface area contributed by atoms with Gasteiger partial charge >= 0.3 is 5.97 Å². The molecule has 0 spiro atoms. The zero-order valence-corrected chi connectivity index (χ0v) is 14.9. The number of amidine groups is 1. The van der Waals surface area contributed by atoms with E-state index < -0.39 is 0 Å². The molecule has 5 nitrogen and oxygen atoms in total. The van der Waals surface area contributed by atoms with Gasteiger partial charge in [-0.15, -0.1) is 5.10 Å². The van der Waals surface area contributed by atoms with Gasteiger partial charge in [-0.3, -0.25) is 4.79 Å². The molecule has 0 aliphatic carbocycles. The number of ether oxygens (including phenoxy) is 1. The molecule has 2 aromatic rings. The molecular weight excluding hydrogens is 334 g/mol. The van der Waals surface area contributed by atoms with Crippen LogP contribution in [-0.2, 0) is 10.5 Å². The van der Waals surface area contributed by atoms with Crippen molar-refractivity contribution >= 4 is 29.1 Å². The zero-order valence-electron chi connectivity index (χ0n) is 14.1. The number of thioether (sulfide) groups is 1. The van der Waals surface area contributed by atoms with Crippen LogP contribution in [0.2, 0.25) is 0 Å². The van der Waals surface area contributed by atoms with Gasteiger partial charge in [0.15, 0.2) is 5.17 Å². The summed E-state index contributed by atoms with van der Waals surface area (Å²) in [6.07, 6.45) is 2.79. The van der Waals surface area contributed by atoms with Crippen molar-refractivity contribution in [1.82, 2.24) is 0 Å². The Balaban J connectivity index is 1.83. The van der Waals surface area contributed by atoms with Gasteiger partial charge in [-0.05, 0) is 41.8 Å². The highest BCUT2D eigenvalue weighted by Gasteiger charge is 2.02. The van der Waals surface area contributed by atoms with Crippen molar-refractivity contribution in [2.24, 2.45) is 15.9 Å². The second-order valence-corrected chi connectivity index (χ2v) is 6.25. The summed E-state index contributed by atoms with van der Waals surface area (Å²) in [4.78, 5) is 11.4. The molecule has 2 rings (SSSR count). The molecule has 0 aromatic heterocycles. The first kappa shape index (κ1) is 18.7. The minimum absolute atomic E-state index is 0.225. The van der Waals surface area contributed by atoms with Crippen LogP contribution in [0, 0.1) is 0 Å². The van der Waals surface area contributed by atoms with E-state index in [4.69, 9.17) is 10.5 Å². The van der Waals surface area contributed by atoms with E-state index in [9.17, 15) is 4.79 Å². The highest BCUT2D eigenvalue weighted by atomic mass is 32.2. The Morgan fingerprint density at radius 1 is 1.16 bits per heavy atom. The summed E-state index contributed by atoms with van der Waals surface area (Å²) < 4.78 is 5.19. The van der Waals surface area contributed by atoms with Crippen LogP contribution in [0.4, 0.5) is 0 Å². The standard InChI is InChI=1S/C19H21N3O2S/c1-2-6-18(23)24-17-11-9-15(10-12-17)13-21-22-19(20)25-14-16-7-4-3-5-8-16/h3-5,7-13H,2,6,14H2,1H3,(H2,20,22). The predicted molar refractivity (Wildman–Crippen MR) is 104 cm³/mol. The Kier molecular flexibility index (Phi) is 7.72. The van der Waals surface area contributed by atoms with Crippen molar-refractivity contribution in [3.63, 3.8) is 0 Å². The van der Waals surface area contributed by atoms with Crippen molar-refractivity contribution < 1.29 is 9.53 Å². The first-order chi connectivity index (χ1) is 12.2. The number of nitrogens with zero attached hydrogens (tertiary/aromatic N) is 2. The van der Waals surface area contributed by atoms with Crippen LogP contribution in [0.3, 0.4) is 0 Å². The van der Waals surface area contributed by atoms with Crippen molar-refractivity contribution in [3.8, 4) is 5.75 Å². The molecule has 0 unspecified atom stereocenters. The van der Waals surface area contributed by atoms with Gasteiger partial charge in [0.05, 0.1) is 6.21 Å². The topological polar surface area (TPSA) is 77.0 Å². The molecule has 0 fully saturated rings. The minimum Gasteiger partial charge on any atom is -0.427 e. The summed E-state index contributed by atoms with van der Waals surface area (Å²) in [7, 11) is 0. The van der Waals surface area contributed by atoms with Gasteiger partial charge in [0.1, 0.15) is 5.75 Å². The van der Waals surface area contributed by atoms with E-state index in [-0.39, 0.29) is 5.97 Å². The van der Waals surface area contributed by atoms with E-state index in [1.807, 2.05) is 37.3 Å². The van der Waals surface area contributed by atoms with Crippen molar-refractivity contribution in [2.75, 3.05) is 0 Å². The molecule has 2 aromatic carbocycles. The van der Waals surface area contributed by atoms with E-state index >= 15 is 0 Å². The molecule has 0 atom stereocenters. The zero-order chi connectivity index (χ0) is 17.9. The first-order valence-corrected chi connectivity index (χ1v) is 9.00. The fraction of sp³-hybridized carbons (Fsp3) is 0.211. The minimum atomic E-state index is -0.225. The highest BCUT2D eigenvalue weighted by molar-refractivity contribution is 8.13. The molecule has 0 saturated heterocycles. The average Bonchev–Trinajstić information content (AvgIpc) is 2.62. The lowest BCUT2D eigenvalue weighted by atomic mass is 10.2. The number of rotatable bonds is 7. The lowest BCUT2D eigenvalue weighted by molar-refractivity contribution is -0.134. The van der Waals surface area contributed by atoms with Crippen molar-refractivity contribution in [2.45, 2.75) is 25.5 Å². The first-order valence-electron chi connectivity index (χ1n) is 8.01. The Bertz CT molecular complexity index is 728. The molecule has 25 heavy (non-hydrogen) atoms. The summed E-state index contributed by atoms with van der Waals surface area (Å²) in [5, 5.41) is 8.36. The Labute approximate surface area is 152 Å². The van der Waals surface area contributed by atoms with E-state index in [0.29, 0.717) is 17.3 Å². The fourth-order valence-corrected chi connectivity index (χ4v) is 2.53. The molecule has 0 saturated carbocycles. The Hall–Kier alpha value is -2.60. The number of esters is 1. The second kappa shape index (κ2) is 10.3. The van der Waals surface area contributed by atoms with Gasteiger partial charge in [-0.2, -0.15) is 5.10 Å². The van der Waals surface area contributed by atoms with E-state index in [1.54, 1.807) is 30.5 Å². The van der Waals surface area contributed by atoms with E-state index in [1.165, 1.54) is 17.3 Å². The molecule has 0 heterocycles. The molecule has 6 heteroatoms. The van der Waals surface area contributed by atoms with Crippen LogP contribution >= 0.6 is 11.8 Å². The number of hydrogen-bond acceptors (Lipinski definition) is 5. The van der Waals surface area contributed by atoms with Gasteiger partial charge in [0, 0.05) is 12.2 Å². The largest absolute Gasteiger partial charge is 0.427 e. The maximum absolute atomic E-state index is 11.4. The van der Waals surface area contributed by atoms with Crippen molar-refractivity contribution in [3.05, 3.63) is 65.7 Å². The van der Waals surface area contributed by atoms with Gasteiger partial charge in [-0.1, -0.05) is 49.0 Å². The quantitative estimate of drug-likeness (QED) is 0.268. The van der Waals surface area contributed by atoms with Crippen LogP contribution in [0.15, 0.2) is 64.8 Å². The van der Waals surface area contributed by atoms with Gasteiger partial charge in [0.25, 0.3) is 0 Å². The van der Waals surface area contributed by atoms with Crippen molar-refractivity contribution in [1.29, 1.82) is 0 Å². The molecule has 2 N–H and O–H groups in total. The molecule has 0 bridgehead atoms. The van der Waals surface area contributed by atoms with Crippen LogP contribution in [0.5, 0.6) is 5.75 Å².